The topological polar surface area (TPSA) is 66.3 Å². The van der Waals surface area contributed by atoms with Crippen LogP contribution in [0.25, 0.3) is 0 Å². The fourth-order valence-electron chi connectivity index (χ4n) is 2.02. The molecule has 0 radical (unpaired) electrons. The zero-order valence-electron chi connectivity index (χ0n) is 10.5. The number of carboxylic acids is 1. The standard InChI is InChI=1S/C12H16ClN3O2S/c13-9-8-14-12(15-10(9)11(17)18)19-7-6-16-4-2-1-3-5-16/h8H,1-7H2,(H,17,18). The van der Waals surface area contributed by atoms with Gasteiger partial charge in [0, 0.05) is 12.3 Å². The smallest absolute Gasteiger partial charge is 0.356 e. The molecule has 0 aromatic carbocycles. The average molecular weight is 302 g/mol. The second-order valence-electron chi connectivity index (χ2n) is 4.41. The quantitative estimate of drug-likeness (QED) is 0.665. The number of piperidine rings is 1. The Labute approximate surface area is 121 Å². The van der Waals surface area contributed by atoms with Crippen molar-refractivity contribution in [2.45, 2.75) is 24.4 Å². The first-order valence-corrected chi connectivity index (χ1v) is 7.64. The second-order valence-corrected chi connectivity index (χ2v) is 5.87. The van der Waals surface area contributed by atoms with E-state index in [-0.39, 0.29) is 10.7 Å². The Morgan fingerprint density at radius 3 is 2.84 bits per heavy atom. The highest BCUT2D eigenvalue weighted by Gasteiger charge is 2.14. The molecule has 1 aliphatic rings. The van der Waals surface area contributed by atoms with Crippen molar-refractivity contribution in [3.05, 3.63) is 16.9 Å². The van der Waals surface area contributed by atoms with Gasteiger partial charge < -0.3 is 10.0 Å². The maximum Gasteiger partial charge on any atom is 0.356 e. The van der Waals surface area contributed by atoms with Gasteiger partial charge in [-0.15, -0.1) is 0 Å². The molecule has 1 N–H and O–H groups in total. The van der Waals surface area contributed by atoms with Gasteiger partial charge in [-0.05, 0) is 25.9 Å². The number of aromatic nitrogens is 2. The highest BCUT2D eigenvalue weighted by atomic mass is 35.5. The van der Waals surface area contributed by atoms with Crippen molar-refractivity contribution in [1.82, 2.24) is 14.9 Å². The Kier molecular flexibility index (Phi) is 5.42. The predicted molar refractivity (Wildman–Crippen MR) is 75.0 cm³/mol. The Hall–Kier alpha value is -0.850. The molecule has 1 fully saturated rings. The van der Waals surface area contributed by atoms with E-state index in [2.05, 4.69) is 14.9 Å². The van der Waals surface area contributed by atoms with E-state index in [1.807, 2.05) is 0 Å². The Morgan fingerprint density at radius 1 is 1.42 bits per heavy atom. The van der Waals surface area contributed by atoms with Crippen LogP contribution in [0.5, 0.6) is 0 Å². The first-order valence-electron chi connectivity index (χ1n) is 6.28. The first kappa shape index (κ1) is 14.6. The van der Waals surface area contributed by atoms with Crippen LogP contribution in [0, 0.1) is 0 Å². The van der Waals surface area contributed by atoms with E-state index in [0.717, 1.165) is 25.4 Å². The Balaban J connectivity index is 1.85. The van der Waals surface area contributed by atoms with Crippen LogP contribution in [0.3, 0.4) is 0 Å². The predicted octanol–water partition coefficient (Wildman–Crippen LogP) is 2.41. The highest BCUT2D eigenvalue weighted by molar-refractivity contribution is 7.99. The fraction of sp³-hybridized carbons (Fsp3) is 0.583. The second kappa shape index (κ2) is 7.07. The van der Waals surface area contributed by atoms with E-state index in [1.54, 1.807) is 0 Å². The molecule has 19 heavy (non-hydrogen) atoms. The van der Waals surface area contributed by atoms with Crippen LogP contribution < -0.4 is 0 Å². The maximum atomic E-state index is 10.9. The van der Waals surface area contributed by atoms with E-state index in [4.69, 9.17) is 16.7 Å². The molecule has 0 saturated carbocycles. The maximum absolute atomic E-state index is 10.9. The summed E-state index contributed by atoms with van der Waals surface area (Å²) < 4.78 is 0. The summed E-state index contributed by atoms with van der Waals surface area (Å²) in [7, 11) is 0. The first-order chi connectivity index (χ1) is 9.16. The van der Waals surface area contributed by atoms with Gasteiger partial charge >= 0.3 is 5.97 Å². The van der Waals surface area contributed by atoms with E-state index in [9.17, 15) is 4.79 Å². The van der Waals surface area contributed by atoms with Gasteiger partial charge in [0.15, 0.2) is 10.9 Å². The highest BCUT2D eigenvalue weighted by Crippen LogP contribution is 2.19. The monoisotopic (exact) mass is 301 g/mol. The Morgan fingerprint density at radius 2 is 2.16 bits per heavy atom. The van der Waals surface area contributed by atoms with Crippen molar-refractivity contribution >= 4 is 29.3 Å². The number of halogens is 1. The molecule has 0 bridgehead atoms. The number of aromatic carboxylic acids is 1. The molecule has 0 atom stereocenters. The number of rotatable bonds is 5. The van der Waals surface area contributed by atoms with Gasteiger partial charge in [-0.1, -0.05) is 29.8 Å². The number of nitrogens with zero attached hydrogens (tertiary/aromatic N) is 3. The summed E-state index contributed by atoms with van der Waals surface area (Å²) >= 11 is 7.19. The molecule has 5 nitrogen and oxygen atoms in total. The molecule has 1 aromatic heterocycles. The van der Waals surface area contributed by atoms with Crippen molar-refractivity contribution in [2.24, 2.45) is 0 Å². The summed E-state index contributed by atoms with van der Waals surface area (Å²) in [6.45, 7) is 3.30. The van der Waals surface area contributed by atoms with Crippen molar-refractivity contribution < 1.29 is 9.90 Å². The van der Waals surface area contributed by atoms with Crippen LogP contribution in [0.4, 0.5) is 0 Å². The summed E-state index contributed by atoms with van der Waals surface area (Å²) in [6.07, 6.45) is 5.21. The van der Waals surface area contributed by atoms with E-state index >= 15 is 0 Å². The van der Waals surface area contributed by atoms with Crippen molar-refractivity contribution in [3.8, 4) is 0 Å². The van der Waals surface area contributed by atoms with Crippen LogP contribution >= 0.6 is 23.4 Å². The minimum Gasteiger partial charge on any atom is -0.476 e. The number of thioether (sulfide) groups is 1. The lowest BCUT2D eigenvalue weighted by molar-refractivity contribution is 0.0689. The number of carboxylic acid groups (broad SMARTS) is 1. The summed E-state index contributed by atoms with van der Waals surface area (Å²) in [5, 5.41) is 9.48. The van der Waals surface area contributed by atoms with Crippen molar-refractivity contribution in [2.75, 3.05) is 25.4 Å². The van der Waals surface area contributed by atoms with E-state index < -0.39 is 5.97 Å². The van der Waals surface area contributed by atoms with Crippen LogP contribution in [-0.2, 0) is 0 Å². The van der Waals surface area contributed by atoms with Crippen LogP contribution in [-0.4, -0.2) is 51.3 Å². The largest absolute Gasteiger partial charge is 0.476 e. The normalized spacial score (nSPS) is 16.5. The summed E-state index contributed by atoms with van der Waals surface area (Å²) in [5.74, 6) is -0.258. The molecular formula is C12H16ClN3O2S. The third-order valence-corrected chi connectivity index (χ3v) is 4.13. The fourth-order valence-corrected chi connectivity index (χ4v) is 3.01. The minimum absolute atomic E-state index is 0.0767. The molecule has 2 heterocycles. The number of hydrogen-bond acceptors (Lipinski definition) is 5. The van der Waals surface area contributed by atoms with E-state index in [1.165, 1.54) is 37.2 Å². The molecule has 0 spiro atoms. The molecular weight excluding hydrogens is 286 g/mol. The van der Waals surface area contributed by atoms with Crippen molar-refractivity contribution in [3.63, 3.8) is 0 Å². The Bertz CT molecular complexity index is 453. The molecule has 1 saturated heterocycles. The number of hydrogen-bond donors (Lipinski definition) is 1. The molecule has 0 unspecified atom stereocenters. The third kappa shape index (κ3) is 4.33. The van der Waals surface area contributed by atoms with Crippen LogP contribution in [0.2, 0.25) is 5.02 Å². The minimum atomic E-state index is -1.12. The molecule has 0 amide bonds. The lowest BCUT2D eigenvalue weighted by Gasteiger charge is -2.25. The van der Waals surface area contributed by atoms with Gasteiger partial charge in [0.2, 0.25) is 0 Å². The summed E-state index contributed by atoms with van der Waals surface area (Å²) in [6, 6.07) is 0. The van der Waals surface area contributed by atoms with Crippen LogP contribution in [0.15, 0.2) is 11.4 Å². The zero-order valence-corrected chi connectivity index (χ0v) is 12.1. The van der Waals surface area contributed by atoms with Crippen molar-refractivity contribution in [1.29, 1.82) is 0 Å². The third-order valence-electron chi connectivity index (χ3n) is 3.01. The molecule has 7 heteroatoms. The molecule has 104 valence electrons. The van der Waals surface area contributed by atoms with Gasteiger partial charge in [-0.2, -0.15) is 0 Å². The summed E-state index contributed by atoms with van der Waals surface area (Å²) in [5.41, 5.74) is -0.128. The van der Waals surface area contributed by atoms with Gasteiger partial charge in [-0.25, -0.2) is 14.8 Å². The van der Waals surface area contributed by atoms with E-state index in [0.29, 0.717) is 5.16 Å². The van der Waals surface area contributed by atoms with Gasteiger partial charge in [-0.3, -0.25) is 0 Å². The molecule has 0 aliphatic carbocycles. The number of carbonyl (C=O) groups is 1. The zero-order chi connectivity index (χ0) is 13.7. The molecule has 1 aromatic rings. The average Bonchev–Trinajstić information content (AvgIpc) is 2.41. The van der Waals surface area contributed by atoms with Gasteiger partial charge in [0.1, 0.15) is 0 Å². The van der Waals surface area contributed by atoms with Crippen LogP contribution in [0.1, 0.15) is 29.8 Å². The lowest BCUT2D eigenvalue weighted by atomic mass is 10.1. The molecule has 2 rings (SSSR count). The van der Waals surface area contributed by atoms with Gasteiger partial charge in [0.25, 0.3) is 0 Å². The SMILES string of the molecule is O=C(O)c1nc(SCCN2CCCCC2)ncc1Cl. The molecule has 1 aliphatic heterocycles. The summed E-state index contributed by atoms with van der Waals surface area (Å²) in [4.78, 5) is 21.3. The lowest BCUT2D eigenvalue weighted by Crippen LogP contribution is -2.31. The van der Waals surface area contributed by atoms with Gasteiger partial charge in [0.05, 0.1) is 11.2 Å². The number of likely N-dealkylation sites (tertiary alicyclic amines) is 1.